The molecule has 11 nitrogen and oxygen atoms in total. The molecule has 1 N–H and O–H groups in total. The molecule has 0 aliphatic carbocycles. The first kappa shape index (κ1) is 60.4. The van der Waals surface area contributed by atoms with Crippen molar-refractivity contribution in [3.63, 3.8) is 0 Å². The predicted molar refractivity (Wildman–Crippen MR) is 244 cm³/mol. The Bertz CT molecular complexity index is 995. The lowest BCUT2D eigenvalue weighted by atomic mass is 10.00. The van der Waals surface area contributed by atoms with Gasteiger partial charge in [-0.2, -0.15) is 0 Å². The molecule has 1 aliphatic heterocycles. The van der Waals surface area contributed by atoms with Crippen LogP contribution < -0.4 is 0 Å². The molecule has 2 unspecified atom stereocenters. The molecule has 0 radical (unpaired) electrons. The Hall–Kier alpha value is -2.66. The summed E-state index contributed by atoms with van der Waals surface area (Å²) in [5, 5.41) is 8.99. The van der Waals surface area contributed by atoms with Gasteiger partial charge in [0.05, 0.1) is 32.0 Å². The Morgan fingerprint density at radius 2 is 0.738 bits per heavy atom. The van der Waals surface area contributed by atoms with E-state index in [0.717, 1.165) is 83.5 Å². The highest BCUT2D eigenvalue weighted by atomic mass is 16.6. The van der Waals surface area contributed by atoms with Crippen molar-refractivity contribution in [2.24, 2.45) is 0 Å². The number of esters is 3. The van der Waals surface area contributed by atoms with Crippen molar-refractivity contribution in [3.05, 3.63) is 0 Å². The molecule has 0 aromatic carbocycles. The molecule has 0 saturated carbocycles. The van der Waals surface area contributed by atoms with E-state index in [-0.39, 0.29) is 37.0 Å². The quantitative estimate of drug-likeness (QED) is 0.0204. The Kier molecular flexibility index (Phi) is 46.4. The summed E-state index contributed by atoms with van der Waals surface area (Å²) in [6.07, 6.45) is 37.4. The number of carbonyl (C=O) groups is 6. The zero-order valence-corrected chi connectivity index (χ0v) is 39.6. The molecule has 1 saturated heterocycles. The highest BCUT2D eigenvalue weighted by molar-refractivity contribution is 5.73. The first-order valence-electron chi connectivity index (χ1n) is 24.8. The predicted octanol–water partition coefficient (Wildman–Crippen LogP) is 12.0. The maximum atomic E-state index is 11.7. The van der Waals surface area contributed by atoms with Gasteiger partial charge in [-0.3, -0.25) is 14.4 Å². The third-order valence-electron chi connectivity index (χ3n) is 10.8. The van der Waals surface area contributed by atoms with Crippen molar-refractivity contribution in [1.29, 1.82) is 0 Å². The molecule has 1 rings (SSSR count). The molecule has 1 fully saturated rings. The first-order valence-corrected chi connectivity index (χ1v) is 24.8. The monoisotopic (exact) mass is 869 g/mol. The van der Waals surface area contributed by atoms with Gasteiger partial charge >= 0.3 is 17.9 Å². The van der Waals surface area contributed by atoms with E-state index in [1.807, 2.05) is 0 Å². The van der Waals surface area contributed by atoms with Crippen LogP contribution in [0.1, 0.15) is 246 Å². The number of hydrogen-bond donors (Lipinski definition) is 1. The molecule has 358 valence electrons. The fourth-order valence-electron chi connectivity index (χ4n) is 6.62. The number of hydrogen-bond acceptors (Lipinski definition) is 11. The topological polar surface area (TPSA) is 163 Å². The fraction of sp³-hybridized carbons (Fsp3) is 0.880. The summed E-state index contributed by atoms with van der Waals surface area (Å²) in [5.41, 5.74) is -1.77. The maximum Gasteiger partial charge on any atom is 0.305 e. The maximum absolute atomic E-state index is 11.7. The summed E-state index contributed by atoms with van der Waals surface area (Å²) in [7, 11) is 0. The van der Waals surface area contributed by atoms with Crippen LogP contribution in [0.25, 0.3) is 0 Å². The van der Waals surface area contributed by atoms with Crippen LogP contribution >= 0.6 is 0 Å². The summed E-state index contributed by atoms with van der Waals surface area (Å²) in [4.78, 5) is 64.1. The van der Waals surface area contributed by atoms with Gasteiger partial charge in [-0.15, -0.1) is 0 Å². The molecular weight excluding hydrogens is 777 g/mol. The molecule has 11 heteroatoms. The van der Waals surface area contributed by atoms with E-state index >= 15 is 0 Å². The number of carbonyl (C=O) groups excluding carboxylic acids is 6. The third-order valence-corrected chi connectivity index (χ3v) is 10.8. The van der Waals surface area contributed by atoms with Crippen molar-refractivity contribution >= 4 is 36.8 Å². The summed E-state index contributed by atoms with van der Waals surface area (Å²) < 4.78 is 21.4. The summed E-state index contributed by atoms with van der Waals surface area (Å²) in [5.74, 6) is -0.131. The Labute approximate surface area is 372 Å². The molecular formula is C50H92O11. The number of epoxide rings is 1. The van der Waals surface area contributed by atoms with Crippen molar-refractivity contribution in [3.8, 4) is 0 Å². The van der Waals surface area contributed by atoms with E-state index < -0.39 is 5.60 Å². The van der Waals surface area contributed by atoms with E-state index in [2.05, 4.69) is 27.7 Å². The van der Waals surface area contributed by atoms with Gasteiger partial charge in [0.2, 0.25) is 0 Å². The van der Waals surface area contributed by atoms with Crippen LogP contribution in [0.4, 0.5) is 0 Å². The van der Waals surface area contributed by atoms with Gasteiger partial charge in [0.15, 0.2) is 6.29 Å². The first-order chi connectivity index (χ1) is 29.7. The molecule has 2 atom stereocenters. The summed E-state index contributed by atoms with van der Waals surface area (Å²) >= 11 is 0. The number of rotatable bonds is 42. The average molecular weight is 869 g/mol. The smallest absolute Gasteiger partial charge is 0.305 e. The van der Waals surface area contributed by atoms with Gasteiger partial charge in [0.25, 0.3) is 0 Å². The molecule has 61 heavy (non-hydrogen) atoms. The molecule has 1 heterocycles. The van der Waals surface area contributed by atoms with Crippen LogP contribution in [0.15, 0.2) is 0 Å². The number of aldehydes is 3. The van der Waals surface area contributed by atoms with Crippen LogP contribution in [-0.2, 0) is 47.7 Å². The average Bonchev–Trinajstić information content (AvgIpc) is 4.01. The zero-order chi connectivity index (χ0) is 45.5. The van der Waals surface area contributed by atoms with E-state index in [1.54, 1.807) is 0 Å². The van der Waals surface area contributed by atoms with E-state index in [0.29, 0.717) is 63.9 Å². The second kappa shape index (κ2) is 46.8. The Morgan fingerprint density at radius 3 is 1.07 bits per heavy atom. The van der Waals surface area contributed by atoms with Crippen molar-refractivity contribution in [2.45, 2.75) is 264 Å². The standard InChI is InChI=1S/C26H50O3.C18H34O4.C6H8O4/c1-3-5-7-9-12-16-20-24-25(29-24)21-17-13-11-14-18-22-26(27)28-23-19-15-10-8-6-4-2;1-3-5-15-21-17(19)13-11-9-7-8-10-12-14-18(20)22-16-6-4-2;7-3-1-6(10,5-9)2-4-8/h24-25H,3-23H2,1-2H3;3-16H2,1-2H3;3-5,10H,1-2H2. The zero-order valence-electron chi connectivity index (χ0n) is 39.6. The van der Waals surface area contributed by atoms with Gasteiger partial charge in [0, 0.05) is 32.1 Å². The lowest BCUT2D eigenvalue weighted by Gasteiger charge is -2.13. The Morgan fingerprint density at radius 1 is 0.443 bits per heavy atom. The molecule has 0 amide bonds. The number of ether oxygens (including phenoxy) is 4. The fourth-order valence-corrected chi connectivity index (χ4v) is 6.62. The largest absolute Gasteiger partial charge is 0.466 e. The molecule has 0 bridgehead atoms. The van der Waals surface area contributed by atoms with Gasteiger partial charge in [0.1, 0.15) is 18.2 Å². The van der Waals surface area contributed by atoms with Gasteiger partial charge in [-0.1, -0.05) is 163 Å². The molecule has 1 aliphatic rings. The lowest BCUT2D eigenvalue weighted by Crippen LogP contribution is -2.31. The summed E-state index contributed by atoms with van der Waals surface area (Å²) in [6, 6.07) is 0. The van der Waals surface area contributed by atoms with Crippen LogP contribution in [-0.4, -0.2) is 79.5 Å². The van der Waals surface area contributed by atoms with Crippen molar-refractivity contribution in [1.82, 2.24) is 0 Å². The molecule has 0 aromatic heterocycles. The normalized spacial score (nSPS) is 14.1. The molecule has 0 spiro atoms. The Balaban J connectivity index is 0. The minimum absolute atomic E-state index is 0.00229. The number of aliphatic hydroxyl groups is 1. The van der Waals surface area contributed by atoms with E-state index in [4.69, 9.17) is 24.1 Å². The third kappa shape index (κ3) is 45.2. The van der Waals surface area contributed by atoms with Crippen molar-refractivity contribution in [2.75, 3.05) is 19.8 Å². The second-order valence-electron chi connectivity index (χ2n) is 16.8. The highest BCUT2D eigenvalue weighted by Gasteiger charge is 2.36. The van der Waals surface area contributed by atoms with Crippen LogP contribution in [0.2, 0.25) is 0 Å². The van der Waals surface area contributed by atoms with Gasteiger partial charge in [-0.05, 0) is 51.4 Å². The van der Waals surface area contributed by atoms with Crippen LogP contribution in [0, 0.1) is 0 Å². The van der Waals surface area contributed by atoms with Crippen LogP contribution in [0.5, 0.6) is 0 Å². The van der Waals surface area contributed by atoms with E-state index in [9.17, 15) is 28.8 Å². The SMILES string of the molecule is CCCCCCCCOC(=O)CCCCCCCC1OC1CCCCCCCC.CCCCOC(=O)CCCCCCCCC(=O)OCCCC.O=CCC(O)(C=O)CC=O. The van der Waals surface area contributed by atoms with Crippen molar-refractivity contribution < 1.29 is 52.8 Å². The van der Waals surface area contributed by atoms with Gasteiger partial charge in [-0.25, -0.2) is 0 Å². The summed E-state index contributed by atoms with van der Waals surface area (Å²) in [6.45, 7) is 10.4. The van der Waals surface area contributed by atoms with E-state index in [1.165, 1.54) is 103 Å². The molecule has 0 aromatic rings. The second-order valence-corrected chi connectivity index (χ2v) is 16.8. The van der Waals surface area contributed by atoms with Gasteiger partial charge < -0.3 is 38.4 Å². The highest BCUT2D eigenvalue weighted by Crippen LogP contribution is 2.32. The minimum Gasteiger partial charge on any atom is -0.466 e. The van der Waals surface area contributed by atoms with Crippen LogP contribution in [0.3, 0.4) is 0 Å². The lowest BCUT2D eigenvalue weighted by molar-refractivity contribution is -0.144. The number of unbranched alkanes of at least 4 members (excludes halogenated alkanes) is 21. The minimum atomic E-state index is -1.77.